The Morgan fingerprint density at radius 1 is 1.31 bits per heavy atom. The molecule has 1 aliphatic rings. The molecule has 0 radical (unpaired) electrons. The normalized spacial score (nSPS) is 19.8. The molecular formula is C12H17NO3. The molecule has 1 aromatic carbocycles. The maximum atomic E-state index is 10.1. The van der Waals surface area contributed by atoms with Crippen LogP contribution >= 0.6 is 0 Å². The van der Waals surface area contributed by atoms with Crippen molar-refractivity contribution in [3.8, 4) is 17.2 Å². The SMILES string of the molecule is COc1ccc([C@@H]2CCCN2)c(O)c1OC. The zero-order valence-corrected chi connectivity index (χ0v) is 9.62. The monoisotopic (exact) mass is 223 g/mol. The Morgan fingerprint density at radius 3 is 2.69 bits per heavy atom. The van der Waals surface area contributed by atoms with E-state index in [0.717, 1.165) is 24.9 Å². The zero-order valence-electron chi connectivity index (χ0n) is 9.62. The van der Waals surface area contributed by atoms with Gasteiger partial charge in [-0.05, 0) is 31.5 Å². The second-order valence-corrected chi connectivity index (χ2v) is 3.89. The maximum Gasteiger partial charge on any atom is 0.203 e. The fraction of sp³-hybridized carbons (Fsp3) is 0.500. The quantitative estimate of drug-likeness (QED) is 0.821. The van der Waals surface area contributed by atoms with Crippen LogP contribution in [0.4, 0.5) is 0 Å². The lowest BCUT2D eigenvalue weighted by Crippen LogP contribution is -2.13. The van der Waals surface area contributed by atoms with Gasteiger partial charge in [0.05, 0.1) is 14.2 Å². The van der Waals surface area contributed by atoms with E-state index in [-0.39, 0.29) is 11.8 Å². The summed E-state index contributed by atoms with van der Waals surface area (Å²) in [5.41, 5.74) is 0.884. The summed E-state index contributed by atoms with van der Waals surface area (Å²) in [7, 11) is 3.09. The third-order valence-electron chi connectivity index (χ3n) is 2.99. The first-order chi connectivity index (χ1) is 7.77. The fourth-order valence-corrected chi connectivity index (χ4v) is 2.16. The standard InChI is InChI=1S/C12H17NO3/c1-15-10-6-5-8(9-4-3-7-13-9)11(14)12(10)16-2/h5-6,9,13-14H,3-4,7H2,1-2H3/t9-/m0/s1. The van der Waals surface area contributed by atoms with Crippen molar-refractivity contribution in [2.75, 3.05) is 20.8 Å². The number of hydrogen-bond acceptors (Lipinski definition) is 4. The molecule has 0 aromatic heterocycles. The maximum absolute atomic E-state index is 10.1. The molecule has 0 bridgehead atoms. The van der Waals surface area contributed by atoms with Gasteiger partial charge in [-0.2, -0.15) is 0 Å². The molecule has 1 heterocycles. The van der Waals surface area contributed by atoms with Crippen molar-refractivity contribution in [2.45, 2.75) is 18.9 Å². The molecule has 1 aromatic rings. The van der Waals surface area contributed by atoms with E-state index < -0.39 is 0 Å². The van der Waals surface area contributed by atoms with Crippen LogP contribution in [-0.2, 0) is 0 Å². The molecule has 4 nitrogen and oxygen atoms in total. The molecule has 0 amide bonds. The first kappa shape index (κ1) is 11.1. The van der Waals surface area contributed by atoms with Crippen molar-refractivity contribution in [2.24, 2.45) is 0 Å². The predicted molar refractivity (Wildman–Crippen MR) is 61.2 cm³/mol. The fourth-order valence-electron chi connectivity index (χ4n) is 2.16. The Balaban J connectivity index is 2.39. The van der Waals surface area contributed by atoms with Gasteiger partial charge in [0, 0.05) is 11.6 Å². The summed E-state index contributed by atoms with van der Waals surface area (Å²) in [5.74, 6) is 1.15. The van der Waals surface area contributed by atoms with Gasteiger partial charge in [0.15, 0.2) is 11.5 Å². The third kappa shape index (κ3) is 1.80. The lowest BCUT2D eigenvalue weighted by molar-refractivity contribution is 0.329. The number of nitrogens with one attached hydrogen (secondary N) is 1. The first-order valence-electron chi connectivity index (χ1n) is 5.45. The number of aromatic hydroxyl groups is 1. The molecule has 0 spiro atoms. The van der Waals surface area contributed by atoms with Crippen molar-refractivity contribution in [3.63, 3.8) is 0 Å². The summed E-state index contributed by atoms with van der Waals surface area (Å²) in [6.45, 7) is 0.998. The summed E-state index contributed by atoms with van der Waals surface area (Å²) in [6, 6.07) is 3.94. The number of methoxy groups -OCH3 is 2. The third-order valence-corrected chi connectivity index (χ3v) is 2.99. The highest BCUT2D eigenvalue weighted by Gasteiger charge is 2.23. The van der Waals surface area contributed by atoms with Crippen LogP contribution in [0.3, 0.4) is 0 Å². The number of benzene rings is 1. The summed E-state index contributed by atoms with van der Waals surface area (Å²) in [5, 5.41) is 13.5. The van der Waals surface area contributed by atoms with Crippen molar-refractivity contribution in [3.05, 3.63) is 17.7 Å². The molecule has 2 rings (SSSR count). The average molecular weight is 223 g/mol. The minimum Gasteiger partial charge on any atom is -0.504 e. The van der Waals surface area contributed by atoms with Gasteiger partial charge in [-0.3, -0.25) is 0 Å². The number of rotatable bonds is 3. The molecule has 16 heavy (non-hydrogen) atoms. The Labute approximate surface area is 95.2 Å². The molecule has 0 aliphatic carbocycles. The summed E-state index contributed by atoms with van der Waals surface area (Å²) in [6.07, 6.45) is 2.18. The predicted octanol–water partition coefficient (Wildman–Crippen LogP) is 1.83. The molecule has 2 N–H and O–H groups in total. The zero-order chi connectivity index (χ0) is 11.5. The Kier molecular flexibility index (Phi) is 3.19. The topological polar surface area (TPSA) is 50.7 Å². The molecular weight excluding hydrogens is 206 g/mol. The van der Waals surface area contributed by atoms with Crippen LogP contribution < -0.4 is 14.8 Å². The largest absolute Gasteiger partial charge is 0.504 e. The van der Waals surface area contributed by atoms with Crippen LogP contribution in [0.15, 0.2) is 12.1 Å². The first-order valence-corrected chi connectivity index (χ1v) is 5.45. The molecule has 0 saturated carbocycles. The van der Waals surface area contributed by atoms with Crippen molar-refractivity contribution < 1.29 is 14.6 Å². The Bertz CT molecular complexity index is 373. The van der Waals surface area contributed by atoms with Crippen LogP contribution in [0.1, 0.15) is 24.4 Å². The van der Waals surface area contributed by atoms with E-state index in [1.165, 1.54) is 7.11 Å². The van der Waals surface area contributed by atoms with Crippen LogP contribution in [0.5, 0.6) is 17.2 Å². The Morgan fingerprint density at radius 2 is 2.12 bits per heavy atom. The van der Waals surface area contributed by atoms with Gasteiger partial charge in [0.1, 0.15) is 0 Å². The van der Waals surface area contributed by atoms with Gasteiger partial charge in [0.2, 0.25) is 5.75 Å². The van der Waals surface area contributed by atoms with Gasteiger partial charge in [-0.15, -0.1) is 0 Å². The van der Waals surface area contributed by atoms with E-state index in [1.807, 2.05) is 12.1 Å². The van der Waals surface area contributed by atoms with Gasteiger partial charge in [-0.25, -0.2) is 0 Å². The van der Waals surface area contributed by atoms with Crippen LogP contribution in [0.25, 0.3) is 0 Å². The lowest BCUT2D eigenvalue weighted by Gasteiger charge is -2.16. The number of ether oxygens (including phenoxy) is 2. The molecule has 1 atom stereocenters. The van der Waals surface area contributed by atoms with E-state index >= 15 is 0 Å². The van der Waals surface area contributed by atoms with Gasteiger partial charge >= 0.3 is 0 Å². The highest BCUT2D eigenvalue weighted by molar-refractivity contribution is 5.55. The van der Waals surface area contributed by atoms with Gasteiger partial charge in [0.25, 0.3) is 0 Å². The van der Waals surface area contributed by atoms with E-state index in [0.29, 0.717) is 11.5 Å². The minimum atomic E-state index is 0.182. The number of hydrogen-bond donors (Lipinski definition) is 2. The summed E-state index contributed by atoms with van der Waals surface area (Å²) >= 11 is 0. The van der Waals surface area contributed by atoms with Crippen LogP contribution in [0.2, 0.25) is 0 Å². The van der Waals surface area contributed by atoms with Crippen LogP contribution in [0, 0.1) is 0 Å². The Hall–Kier alpha value is -1.42. The van der Waals surface area contributed by atoms with Crippen molar-refractivity contribution >= 4 is 0 Å². The van der Waals surface area contributed by atoms with E-state index in [2.05, 4.69) is 5.32 Å². The molecule has 0 unspecified atom stereocenters. The van der Waals surface area contributed by atoms with E-state index in [9.17, 15) is 5.11 Å². The van der Waals surface area contributed by atoms with Crippen molar-refractivity contribution in [1.29, 1.82) is 0 Å². The molecule has 4 heteroatoms. The molecule has 1 fully saturated rings. The van der Waals surface area contributed by atoms with Gasteiger partial charge in [-0.1, -0.05) is 0 Å². The molecule has 88 valence electrons. The molecule has 1 aliphatic heterocycles. The van der Waals surface area contributed by atoms with Crippen molar-refractivity contribution in [1.82, 2.24) is 5.32 Å². The summed E-state index contributed by atoms with van der Waals surface area (Å²) < 4.78 is 10.3. The highest BCUT2D eigenvalue weighted by atomic mass is 16.5. The van der Waals surface area contributed by atoms with E-state index in [4.69, 9.17) is 9.47 Å². The second kappa shape index (κ2) is 4.61. The highest BCUT2D eigenvalue weighted by Crippen LogP contribution is 2.42. The number of phenolic OH excluding ortho intramolecular Hbond substituents is 1. The van der Waals surface area contributed by atoms with Crippen LogP contribution in [-0.4, -0.2) is 25.9 Å². The summed E-state index contributed by atoms with van der Waals surface area (Å²) in [4.78, 5) is 0. The van der Waals surface area contributed by atoms with E-state index in [1.54, 1.807) is 7.11 Å². The number of phenols is 1. The van der Waals surface area contributed by atoms with Gasteiger partial charge < -0.3 is 19.9 Å². The minimum absolute atomic E-state index is 0.182. The molecule has 1 saturated heterocycles. The smallest absolute Gasteiger partial charge is 0.203 e. The lowest BCUT2D eigenvalue weighted by atomic mass is 10.0. The second-order valence-electron chi connectivity index (χ2n) is 3.89. The average Bonchev–Trinajstić information content (AvgIpc) is 2.81.